The highest BCUT2D eigenvalue weighted by molar-refractivity contribution is 5.65. The zero-order valence-corrected chi connectivity index (χ0v) is 25.7. The van der Waals surface area contributed by atoms with Gasteiger partial charge in [0.15, 0.2) is 17.9 Å². The van der Waals surface area contributed by atoms with Crippen molar-refractivity contribution in [2.24, 2.45) is 5.92 Å². The largest absolute Gasteiger partial charge is 0.573 e. The Hall–Kier alpha value is -3.22. The van der Waals surface area contributed by atoms with Crippen LogP contribution in [0.3, 0.4) is 0 Å². The van der Waals surface area contributed by atoms with Crippen molar-refractivity contribution in [2.45, 2.75) is 89.1 Å². The van der Waals surface area contributed by atoms with Gasteiger partial charge in [-0.25, -0.2) is 13.2 Å². The average Bonchev–Trinajstić information content (AvgIpc) is 3.02. The van der Waals surface area contributed by atoms with Crippen LogP contribution in [0, 0.1) is 23.4 Å². The number of ether oxygens (including phenoxy) is 4. The highest BCUT2D eigenvalue weighted by atomic mass is 19.4. The molecule has 0 atom stereocenters. The molecule has 256 valence electrons. The molecule has 0 bridgehead atoms. The van der Waals surface area contributed by atoms with Crippen LogP contribution in [-0.2, 0) is 20.3 Å². The van der Waals surface area contributed by atoms with Gasteiger partial charge >= 0.3 is 12.5 Å². The quantitative estimate of drug-likeness (QED) is 0.150. The minimum Gasteiger partial charge on any atom is -0.403 e. The molecule has 1 heterocycles. The first kappa shape index (κ1) is 35.1. The predicted octanol–water partition coefficient (Wildman–Crippen LogP) is 10.7. The first-order chi connectivity index (χ1) is 22.3. The van der Waals surface area contributed by atoms with Crippen LogP contribution in [0.1, 0.15) is 87.2 Å². The molecule has 1 saturated carbocycles. The smallest absolute Gasteiger partial charge is 0.403 e. The third kappa shape index (κ3) is 9.03. The number of benzene rings is 3. The second-order valence-electron chi connectivity index (χ2n) is 12.1. The summed E-state index contributed by atoms with van der Waals surface area (Å²) >= 11 is 0. The lowest BCUT2D eigenvalue weighted by Gasteiger charge is -2.31. The fraction of sp³-hybridized carbons (Fsp3) is 0.486. The highest BCUT2D eigenvalue weighted by Crippen LogP contribution is 2.41. The molecule has 3 aromatic rings. The van der Waals surface area contributed by atoms with Crippen LogP contribution in [0.2, 0.25) is 0 Å². The van der Waals surface area contributed by atoms with E-state index in [1.165, 1.54) is 24.3 Å². The molecule has 0 N–H and O–H groups in total. The van der Waals surface area contributed by atoms with Crippen LogP contribution in [0.4, 0.5) is 35.1 Å². The molecule has 1 aliphatic carbocycles. The lowest BCUT2D eigenvalue weighted by atomic mass is 9.82. The molecule has 3 aromatic carbocycles. The summed E-state index contributed by atoms with van der Waals surface area (Å²) in [6, 6.07) is 10.3. The summed E-state index contributed by atoms with van der Waals surface area (Å²) in [5, 5.41) is 0. The maximum atomic E-state index is 15.1. The van der Waals surface area contributed by atoms with Crippen LogP contribution >= 0.6 is 0 Å². The molecule has 1 aliphatic heterocycles. The topological polar surface area (TPSA) is 36.9 Å². The van der Waals surface area contributed by atoms with Crippen molar-refractivity contribution in [3.8, 4) is 16.9 Å². The number of alkyl halides is 5. The minimum atomic E-state index is -5.04. The molecule has 2 fully saturated rings. The second kappa shape index (κ2) is 14.9. The van der Waals surface area contributed by atoms with Gasteiger partial charge in [0.05, 0.1) is 24.9 Å². The average molecular weight is 673 g/mol. The van der Waals surface area contributed by atoms with Crippen LogP contribution in [-0.4, -0.2) is 25.7 Å². The van der Waals surface area contributed by atoms with Crippen molar-refractivity contribution in [1.82, 2.24) is 0 Å². The third-order valence-corrected chi connectivity index (χ3v) is 8.68. The maximum Gasteiger partial charge on any atom is 0.573 e. The van der Waals surface area contributed by atoms with E-state index in [1.54, 1.807) is 6.07 Å². The zero-order chi connectivity index (χ0) is 33.8. The van der Waals surface area contributed by atoms with Crippen LogP contribution in [0.25, 0.3) is 11.1 Å². The van der Waals surface area contributed by atoms with Crippen molar-refractivity contribution < 1.29 is 54.1 Å². The monoisotopic (exact) mass is 672 g/mol. The van der Waals surface area contributed by atoms with E-state index >= 15 is 17.6 Å². The standard InChI is InChI=1S/C35H36F8O4/c1-2-3-4-5-21-19-44-33(45-20-21)25-8-13-27(29(36)18-25)24-9-14-28(30(37)17-24)34(39,40)46-26-11-6-22(7-12-26)23-10-15-32(31(38)16-23)47-35(41,42)43/h8-10,13-18,21-22,26,33H,2-7,11-12,19-20H2,1H3. The number of unbranched alkanes of at least 4 members (excludes halogenated alkanes) is 2. The van der Waals surface area contributed by atoms with Gasteiger partial charge in [-0.1, -0.05) is 50.5 Å². The van der Waals surface area contributed by atoms with Crippen LogP contribution in [0.5, 0.6) is 5.75 Å². The lowest BCUT2D eigenvalue weighted by Crippen LogP contribution is -2.30. The molecule has 2 aliphatic rings. The van der Waals surface area contributed by atoms with Gasteiger partial charge in [0.25, 0.3) is 0 Å². The molecule has 0 unspecified atom stereocenters. The van der Waals surface area contributed by atoms with E-state index in [9.17, 15) is 17.6 Å². The molecule has 0 aromatic heterocycles. The van der Waals surface area contributed by atoms with E-state index in [0.29, 0.717) is 37.2 Å². The Bertz CT molecular complexity index is 1500. The number of rotatable bonds is 11. The number of halogens is 8. The van der Waals surface area contributed by atoms with Crippen LogP contribution < -0.4 is 4.74 Å². The predicted molar refractivity (Wildman–Crippen MR) is 157 cm³/mol. The van der Waals surface area contributed by atoms with E-state index < -0.39 is 53.6 Å². The van der Waals surface area contributed by atoms with Gasteiger partial charge in [0, 0.05) is 17.0 Å². The van der Waals surface area contributed by atoms with Crippen LogP contribution in [0.15, 0.2) is 54.6 Å². The van der Waals surface area contributed by atoms with Crippen molar-refractivity contribution in [1.29, 1.82) is 0 Å². The van der Waals surface area contributed by atoms with Gasteiger partial charge in [-0.05, 0) is 79.5 Å². The second-order valence-corrected chi connectivity index (χ2v) is 12.1. The molecule has 0 spiro atoms. The molecule has 1 saturated heterocycles. The fourth-order valence-corrected chi connectivity index (χ4v) is 6.18. The molecule has 0 radical (unpaired) electrons. The summed E-state index contributed by atoms with van der Waals surface area (Å²) in [5.41, 5.74) is -0.0476. The van der Waals surface area contributed by atoms with Gasteiger partial charge in [0.2, 0.25) is 0 Å². The summed E-state index contributed by atoms with van der Waals surface area (Å²) < 4.78 is 132. The minimum absolute atomic E-state index is 0.0180. The Morgan fingerprint density at radius 1 is 0.745 bits per heavy atom. The first-order valence-electron chi connectivity index (χ1n) is 15.8. The molecule has 0 amide bonds. The summed E-state index contributed by atoms with van der Waals surface area (Å²) in [7, 11) is 0. The van der Waals surface area contributed by atoms with Gasteiger partial charge in [0.1, 0.15) is 11.6 Å². The van der Waals surface area contributed by atoms with Gasteiger partial charge in [-0.2, -0.15) is 8.78 Å². The van der Waals surface area contributed by atoms with E-state index in [1.807, 2.05) is 0 Å². The molecular weight excluding hydrogens is 636 g/mol. The Morgan fingerprint density at radius 3 is 2.04 bits per heavy atom. The van der Waals surface area contributed by atoms with E-state index in [0.717, 1.165) is 49.9 Å². The Labute approximate surface area is 268 Å². The Balaban J connectivity index is 1.17. The van der Waals surface area contributed by atoms with Crippen molar-refractivity contribution in [3.63, 3.8) is 0 Å². The van der Waals surface area contributed by atoms with Gasteiger partial charge < -0.3 is 18.9 Å². The molecule has 12 heteroatoms. The Kier molecular flexibility index (Phi) is 11.1. The summed E-state index contributed by atoms with van der Waals surface area (Å²) in [6.45, 7) is 3.13. The molecule has 47 heavy (non-hydrogen) atoms. The fourth-order valence-electron chi connectivity index (χ4n) is 6.18. The van der Waals surface area contributed by atoms with Gasteiger partial charge in [-0.15, -0.1) is 13.2 Å². The molecule has 5 rings (SSSR count). The molecule has 4 nitrogen and oxygen atoms in total. The summed E-state index contributed by atoms with van der Waals surface area (Å²) in [4.78, 5) is 0. The summed E-state index contributed by atoms with van der Waals surface area (Å²) in [5.74, 6) is -4.11. The first-order valence-corrected chi connectivity index (χ1v) is 15.8. The van der Waals surface area contributed by atoms with Crippen molar-refractivity contribution in [3.05, 3.63) is 88.7 Å². The van der Waals surface area contributed by atoms with Crippen molar-refractivity contribution in [2.75, 3.05) is 13.2 Å². The van der Waals surface area contributed by atoms with E-state index in [4.69, 9.17) is 14.2 Å². The van der Waals surface area contributed by atoms with E-state index in [2.05, 4.69) is 11.7 Å². The third-order valence-electron chi connectivity index (χ3n) is 8.68. The zero-order valence-electron chi connectivity index (χ0n) is 25.7. The maximum absolute atomic E-state index is 15.1. The lowest BCUT2D eigenvalue weighted by molar-refractivity contribution is -0.279. The number of hydrogen-bond donors (Lipinski definition) is 0. The normalized spacial score (nSPS) is 22.3. The van der Waals surface area contributed by atoms with E-state index in [-0.39, 0.29) is 35.8 Å². The SMILES string of the molecule is CCCCCC1COC(c2ccc(-c3ccc(C(F)(F)OC4CCC(c5ccc(OC(F)(F)F)c(F)c5)CC4)c(F)c3)c(F)c2)OC1. The molecular formula is C35H36F8O4. The number of hydrogen-bond acceptors (Lipinski definition) is 4. The Morgan fingerprint density at radius 2 is 1.43 bits per heavy atom. The van der Waals surface area contributed by atoms with Crippen molar-refractivity contribution >= 4 is 0 Å². The van der Waals surface area contributed by atoms with Gasteiger partial charge in [-0.3, -0.25) is 0 Å². The highest BCUT2D eigenvalue weighted by Gasteiger charge is 2.40. The summed E-state index contributed by atoms with van der Waals surface area (Å²) in [6.07, 6.45) is -5.50.